The SMILES string of the molecule is Cc1ccccc1-c1n[nH]c(=S)n1/N=C\c1cc(C)n(C(C)C)c1C. The van der Waals surface area contributed by atoms with Gasteiger partial charge in [-0.05, 0) is 58.5 Å². The number of aromatic amines is 1. The van der Waals surface area contributed by atoms with Crippen molar-refractivity contribution in [3.63, 3.8) is 0 Å². The van der Waals surface area contributed by atoms with Gasteiger partial charge in [-0.25, -0.2) is 5.10 Å². The number of H-pyrrole nitrogens is 1. The lowest BCUT2D eigenvalue weighted by Gasteiger charge is -2.13. The van der Waals surface area contributed by atoms with E-state index >= 15 is 0 Å². The maximum absolute atomic E-state index is 5.36. The monoisotopic (exact) mass is 353 g/mol. The van der Waals surface area contributed by atoms with Crippen molar-refractivity contribution in [2.24, 2.45) is 5.10 Å². The third kappa shape index (κ3) is 3.22. The van der Waals surface area contributed by atoms with Crippen LogP contribution < -0.4 is 0 Å². The van der Waals surface area contributed by atoms with E-state index in [1.807, 2.05) is 24.4 Å². The molecule has 0 atom stereocenters. The Bertz CT molecular complexity index is 988. The number of hydrogen-bond acceptors (Lipinski definition) is 3. The number of aryl methyl sites for hydroxylation is 2. The number of aromatic nitrogens is 4. The summed E-state index contributed by atoms with van der Waals surface area (Å²) in [5, 5.41) is 11.8. The molecule has 2 heterocycles. The van der Waals surface area contributed by atoms with Crippen molar-refractivity contribution < 1.29 is 0 Å². The molecule has 1 aromatic carbocycles. The van der Waals surface area contributed by atoms with Gasteiger partial charge in [0.05, 0.1) is 6.21 Å². The zero-order valence-corrected chi connectivity index (χ0v) is 16.1. The Kier molecular flexibility index (Phi) is 4.72. The van der Waals surface area contributed by atoms with E-state index in [4.69, 9.17) is 12.2 Å². The molecule has 6 heteroatoms. The minimum absolute atomic E-state index is 0.417. The highest BCUT2D eigenvalue weighted by molar-refractivity contribution is 7.71. The Labute approximate surface area is 153 Å². The fourth-order valence-corrected chi connectivity index (χ4v) is 3.42. The molecule has 0 aliphatic heterocycles. The van der Waals surface area contributed by atoms with Crippen LogP contribution in [-0.2, 0) is 0 Å². The van der Waals surface area contributed by atoms with E-state index in [0.29, 0.717) is 10.8 Å². The van der Waals surface area contributed by atoms with E-state index in [1.165, 1.54) is 11.4 Å². The van der Waals surface area contributed by atoms with Gasteiger partial charge in [0.2, 0.25) is 4.77 Å². The lowest BCUT2D eigenvalue weighted by Crippen LogP contribution is -2.05. The molecule has 0 unspecified atom stereocenters. The van der Waals surface area contributed by atoms with E-state index in [2.05, 4.69) is 66.6 Å². The van der Waals surface area contributed by atoms with E-state index in [9.17, 15) is 0 Å². The lowest BCUT2D eigenvalue weighted by molar-refractivity contribution is 0.574. The number of nitrogens with zero attached hydrogens (tertiary/aromatic N) is 4. The molecule has 3 rings (SSSR count). The van der Waals surface area contributed by atoms with Crippen LogP contribution in [0.1, 0.15) is 42.4 Å². The molecule has 130 valence electrons. The topological polar surface area (TPSA) is 50.9 Å². The Balaban J connectivity index is 2.04. The lowest BCUT2D eigenvalue weighted by atomic mass is 10.1. The van der Waals surface area contributed by atoms with Gasteiger partial charge in [-0.1, -0.05) is 24.3 Å². The van der Waals surface area contributed by atoms with Crippen LogP contribution in [-0.4, -0.2) is 25.7 Å². The van der Waals surface area contributed by atoms with Gasteiger partial charge in [-0.3, -0.25) is 0 Å². The molecule has 1 N–H and O–H groups in total. The molecule has 5 nitrogen and oxygen atoms in total. The first kappa shape index (κ1) is 17.4. The third-order valence-electron chi connectivity index (χ3n) is 4.39. The molecule has 2 aromatic heterocycles. The van der Waals surface area contributed by atoms with Gasteiger partial charge >= 0.3 is 0 Å². The average Bonchev–Trinajstić information content (AvgIpc) is 3.05. The van der Waals surface area contributed by atoms with E-state index < -0.39 is 0 Å². The number of benzene rings is 1. The van der Waals surface area contributed by atoms with Gasteiger partial charge in [0.25, 0.3) is 0 Å². The van der Waals surface area contributed by atoms with Gasteiger partial charge in [0.1, 0.15) is 0 Å². The Hall–Kier alpha value is -2.47. The van der Waals surface area contributed by atoms with Gasteiger partial charge in [0.15, 0.2) is 5.82 Å². The van der Waals surface area contributed by atoms with Crippen molar-refractivity contribution >= 4 is 18.4 Å². The molecule has 3 aromatic rings. The van der Waals surface area contributed by atoms with Gasteiger partial charge in [0, 0.05) is 28.6 Å². The molecule has 0 saturated heterocycles. The summed E-state index contributed by atoms with van der Waals surface area (Å²) < 4.78 is 4.46. The third-order valence-corrected chi connectivity index (χ3v) is 4.65. The summed E-state index contributed by atoms with van der Waals surface area (Å²) in [6.07, 6.45) is 1.86. The van der Waals surface area contributed by atoms with Crippen molar-refractivity contribution in [3.8, 4) is 11.4 Å². The molecule has 0 spiro atoms. The summed E-state index contributed by atoms with van der Waals surface area (Å²) in [4.78, 5) is 0. The molecule has 0 fully saturated rings. The normalized spacial score (nSPS) is 11.8. The second-order valence-electron chi connectivity index (χ2n) is 6.51. The predicted molar refractivity (Wildman–Crippen MR) is 105 cm³/mol. The van der Waals surface area contributed by atoms with Crippen LogP contribution in [0.15, 0.2) is 35.4 Å². The summed E-state index contributed by atoms with van der Waals surface area (Å²) in [7, 11) is 0. The highest BCUT2D eigenvalue weighted by Crippen LogP contribution is 2.22. The Morgan fingerprint density at radius 2 is 1.92 bits per heavy atom. The summed E-state index contributed by atoms with van der Waals surface area (Å²) in [6.45, 7) is 10.7. The molecule has 0 bridgehead atoms. The highest BCUT2D eigenvalue weighted by Gasteiger charge is 2.12. The summed E-state index contributed by atoms with van der Waals surface area (Å²) >= 11 is 5.36. The Morgan fingerprint density at radius 1 is 1.20 bits per heavy atom. The van der Waals surface area contributed by atoms with Crippen molar-refractivity contribution in [1.29, 1.82) is 0 Å². The Morgan fingerprint density at radius 3 is 2.56 bits per heavy atom. The summed E-state index contributed by atoms with van der Waals surface area (Å²) in [6, 6.07) is 10.6. The van der Waals surface area contributed by atoms with Crippen LogP contribution in [0.4, 0.5) is 0 Å². The fourth-order valence-electron chi connectivity index (χ4n) is 3.24. The second-order valence-corrected chi connectivity index (χ2v) is 6.90. The van der Waals surface area contributed by atoms with Gasteiger partial charge < -0.3 is 4.57 Å². The van der Waals surface area contributed by atoms with Gasteiger partial charge in [-0.2, -0.15) is 14.9 Å². The minimum Gasteiger partial charge on any atom is -0.346 e. The first-order valence-electron chi connectivity index (χ1n) is 8.36. The zero-order chi connectivity index (χ0) is 18.1. The molecule has 0 aliphatic carbocycles. The van der Waals surface area contributed by atoms with Crippen LogP contribution in [0.5, 0.6) is 0 Å². The molecule has 0 amide bonds. The number of nitrogens with one attached hydrogen (secondary N) is 1. The largest absolute Gasteiger partial charge is 0.346 e. The second kappa shape index (κ2) is 6.80. The first-order chi connectivity index (χ1) is 11.9. The van der Waals surface area contributed by atoms with E-state index in [-0.39, 0.29) is 0 Å². The van der Waals surface area contributed by atoms with Crippen LogP contribution >= 0.6 is 12.2 Å². The molecular weight excluding hydrogens is 330 g/mol. The maximum Gasteiger partial charge on any atom is 0.216 e. The predicted octanol–water partition coefficient (Wildman–Crippen LogP) is 4.80. The number of hydrogen-bond donors (Lipinski definition) is 1. The average molecular weight is 353 g/mol. The van der Waals surface area contributed by atoms with Crippen LogP contribution in [0, 0.1) is 25.5 Å². The summed E-state index contributed by atoms with van der Waals surface area (Å²) in [5.41, 5.74) is 5.66. The fraction of sp³-hybridized carbons (Fsp3) is 0.316. The molecule has 0 aliphatic rings. The quantitative estimate of drug-likeness (QED) is 0.541. The molecular formula is C19H23N5S. The number of rotatable bonds is 4. The molecule has 25 heavy (non-hydrogen) atoms. The molecule has 0 saturated carbocycles. The van der Waals surface area contributed by atoms with E-state index in [1.54, 1.807) is 4.68 Å². The van der Waals surface area contributed by atoms with Crippen molar-refractivity contribution in [2.75, 3.05) is 0 Å². The van der Waals surface area contributed by atoms with Crippen molar-refractivity contribution in [2.45, 2.75) is 40.7 Å². The first-order valence-corrected chi connectivity index (χ1v) is 8.77. The van der Waals surface area contributed by atoms with Crippen LogP contribution in [0.2, 0.25) is 0 Å². The zero-order valence-electron chi connectivity index (χ0n) is 15.2. The smallest absolute Gasteiger partial charge is 0.216 e. The van der Waals surface area contributed by atoms with Crippen LogP contribution in [0.25, 0.3) is 11.4 Å². The van der Waals surface area contributed by atoms with Crippen LogP contribution in [0.3, 0.4) is 0 Å². The highest BCUT2D eigenvalue weighted by atomic mass is 32.1. The summed E-state index contributed by atoms with van der Waals surface area (Å²) in [5.74, 6) is 0.719. The standard InChI is InChI=1S/C19H23N5S/c1-12(2)23-14(4)10-16(15(23)5)11-20-24-18(21-22-19(24)25)17-9-7-6-8-13(17)3/h6-12H,1-5H3,(H,22,25)/b20-11-. The van der Waals surface area contributed by atoms with Crippen molar-refractivity contribution in [1.82, 2.24) is 19.4 Å². The molecule has 0 radical (unpaired) electrons. The maximum atomic E-state index is 5.36. The van der Waals surface area contributed by atoms with Crippen molar-refractivity contribution in [3.05, 3.63) is 57.6 Å². The van der Waals surface area contributed by atoms with E-state index in [0.717, 1.165) is 22.5 Å². The minimum atomic E-state index is 0.417. The van der Waals surface area contributed by atoms with Gasteiger partial charge in [-0.15, -0.1) is 0 Å².